The van der Waals surface area contributed by atoms with Crippen molar-refractivity contribution < 1.29 is 13.2 Å². The van der Waals surface area contributed by atoms with E-state index in [4.69, 9.17) is 10.2 Å². The molecule has 0 amide bonds. The van der Waals surface area contributed by atoms with Gasteiger partial charge in [0.15, 0.2) is 23.8 Å². The minimum atomic E-state index is -0.924. The second-order valence-corrected chi connectivity index (χ2v) is 2.96. The predicted molar refractivity (Wildman–Crippen MR) is 49.7 cm³/mol. The van der Waals surface area contributed by atoms with Crippen molar-refractivity contribution in [3.05, 3.63) is 41.9 Å². The van der Waals surface area contributed by atoms with Crippen molar-refractivity contribution in [3.8, 4) is 11.3 Å². The average Bonchev–Trinajstić information content (AvgIpc) is 2.70. The topological polar surface area (TPSA) is 52.0 Å². The Morgan fingerprint density at radius 2 is 2.07 bits per heavy atom. The molecule has 3 nitrogen and oxygen atoms in total. The van der Waals surface area contributed by atoms with Crippen LogP contribution in [0.5, 0.6) is 0 Å². The fourth-order valence-corrected chi connectivity index (χ4v) is 1.29. The van der Waals surface area contributed by atoms with E-state index >= 15 is 0 Å². The van der Waals surface area contributed by atoms with Crippen LogP contribution in [0, 0.1) is 11.6 Å². The van der Waals surface area contributed by atoms with E-state index < -0.39 is 11.6 Å². The van der Waals surface area contributed by atoms with Gasteiger partial charge in [0.25, 0.3) is 0 Å². The van der Waals surface area contributed by atoms with Gasteiger partial charge in [-0.05, 0) is 18.2 Å². The normalized spacial score (nSPS) is 10.6. The Balaban J connectivity index is 2.50. The van der Waals surface area contributed by atoms with E-state index in [1.807, 2.05) is 0 Å². The highest BCUT2D eigenvalue weighted by atomic mass is 19.2. The fourth-order valence-electron chi connectivity index (χ4n) is 1.29. The van der Waals surface area contributed by atoms with Crippen molar-refractivity contribution in [2.45, 2.75) is 6.54 Å². The molecule has 2 N–H and O–H groups in total. The van der Waals surface area contributed by atoms with Crippen LogP contribution >= 0.6 is 0 Å². The molecule has 0 aliphatic carbocycles. The van der Waals surface area contributed by atoms with Crippen LogP contribution in [-0.4, -0.2) is 4.98 Å². The Kier molecular flexibility index (Phi) is 2.47. The van der Waals surface area contributed by atoms with Crippen molar-refractivity contribution in [1.29, 1.82) is 0 Å². The first-order chi connectivity index (χ1) is 7.22. The molecule has 0 saturated carbocycles. The van der Waals surface area contributed by atoms with E-state index in [1.165, 1.54) is 12.5 Å². The fraction of sp³-hybridized carbons (Fsp3) is 0.100. The Morgan fingerprint density at radius 3 is 2.73 bits per heavy atom. The molecule has 1 heterocycles. The van der Waals surface area contributed by atoms with Gasteiger partial charge in [-0.3, -0.25) is 0 Å². The number of nitrogens with two attached hydrogens (primary N) is 1. The molecule has 0 fully saturated rings. The maximum absolute atomic E-state index is 12.9. The summed E-state index contributed by atoms with van der Waals surface area (Å²) in [6.07, 6.45) is 1.22. The van der Waals surface area contributed by atoms with Gasteiger partial charge >= 0.3 is 0 Å². The summed E-state index contributed by atoms with van der Waals surface area (Å²) in [5.41, 5.74) is 6.35. The largest absolute Gasteiger partial charge is 0.443 e. The third-order valence-electron chi connectivity index (χ3n) is 2.02. The van der Waals surface area contributed by atoms with Crippen LogP contribution in [0.25, 0.3) is 11.3 Å². The van der Waals surface area contributed by atoms with Gasteiger partial charge in [-0.2, -0.15) is 0 Å². The van der Waals surface area contributed by atoms with Gasteiger partial charge in [0.05, 0.1) is 0 Å². The van der Waals surface area contributed by atoms with E-state index in [1.54, 1.807) is 0 Å². The highest BCUT2D eigenvalue weighted by Crippen LogP contribution is 2.24. The lowest BCUT2D eigenvalue weighted by Crippen LogP contribution is -1.98. The molecule has 0 aliphatic rings. The lowest BCUT2D eigenvalue weighted by atomic mass is 10.1. The number of hydrogen-bond acceptors (Lipinski definition) is 3. The third-order valence-corrected chi connectivity index (χ3v) is 2.02. The predicted octanol–water partition coefficient (Wildman–Crippen LogP) is 2.08. The van der Waals surface area contributed by atoms with Gasteiger partial charge in [0.1, 0.15) is 5.69 Å². The Morgan fingerprint density at radius 1 is 1.27 bits per heavy atom. The second-order valence-electron chi connectivity index (χ2n) is 2.96. The molecule has 0 radical (unpaired) electrons. The number of rotatable bonds is 2. The van der Waals surface area contributed by atoms with Crippen molar-refractivity contribution in [3.63, 3.8) is 0 Å². The first-order valence-electron chi connectivity index (χ1n) is 4.30. The quantitative estimate of drug-likeness (QED) is 0.825. The van der Waals surface area contributed by atoms with Crippen molar-refractivity contribution in [2.24, 2.45) is 5.73 Å². The SMILES string of the molecule is NCc1ncoc1-c1ccc(F)c(F)c1. The molecule has 0 atom stereocenters. The molecule has 0 spiro atoms. The van der Waals surface area contributed by atoms with Crippen molar-refractivity contribution in [2.75, 3.05) is 0 Å². The summed E-state index contributed by atoms with van der Waals surface area (Å²) in [7, 11) is 0. The van der Waals surface area contributed by atoms with Crippen LogP contribution in [0.3, 0.4) is 0 Å². The monoisotopic (exact) mass is 210 g/mol. The van der Waals surface area contributed by atoms with Crippen LogP contribution in [-0.2, 0) is 6.54 Å². The maximum atomic E-state index is 12.9. The molecule has 15 heavy (non-hydrogen) atoms. The summed E-state index contributed by atoms with van der Waals surface area (Å²) in [4.78, 5) is 3.86. The van der Waals surface area contributed by atoms with Crippen LogP contribution in [0.1, 0.15) is 5.69 Å². The van der Waals surface area contributed by atoms with Crippen LogP contribution in [0.2, 0.25) is 0 Å². The van der Waals surface area contributed by atoms with E-state index in [-0.39, 0.29) is 6.54 Å². The first kappa shape index (κ1) is 9.79. The van der Waals surface area contributed by atoms with E-state index in [0.29, 0.717) is 17.0 Å². The minimum Gasteiger partial charge on any atom is -0.443 e. The molecule has 0 saturated heterocycles. The lowest BCUT2D eigenvalue weighted by molar-refractivity contribution is 0.507. The maximum Gasteiger partial charge on any atom is 0.181 e. The van der Waals surface area contributed by atoms with Crippen molar-refractivity contribution >= 4 is 0 Å². The van der Waals surface area contributed by atoms with Gasteiger partial charge in [0, 0.05) is 12.1 Å². The molecular weight excluding hydrogens is 202 g/mol. The summed E-state index contributed by atoms with van der Waals surface area (Å²) >= 11 is 0. The number of nitrogens with zero attached hydrogens (tertiary/aromatic N) is 1. The summed E-state index contributed by atoms with van der Waals surface area (Å²) in [5, 5.41) is 0. The number of oxazole rings is 1. The molecule has 2 rings (SSSR count). The zero-order valence-corrected chi connectivity index (χ0v) is 7.71. The summed E-state index contributed by atoms with van der Waals surface area (Å²) in [6.45, 7) is 0.185. The highest BCUT2D eigenvalue weighted by molar-refractivity contribution is 5.59. The number of aromatic nitrogens is 1. The van der Waals surface area contributed by atoms with Crippen LogP contribution in [0.4, 0.5) is 8.78 Å². The Bertz CT molecular complexity index is 482. The number of benzene rings is 1. The van der Waals surface area contributed by atoms with Gasteiger partial charge in [0.2, 0.25) is 0 Å². The molecule has 1 aromatic carbocycles. The molecule has 5 heteroatoms. The van der Waals surface area contributed by atoms with E-state index in [2.05, 4.69) is 4.98 Å². The van der Waals surface area contributed by atoms with E-state index in [0.717, 1.165) is 12.1 Å². The summed E-state index contributed by atoms with van der Waals surface area (Å²) in [5.74, 6) is -1.45. The number of halogens is 2. The van der Waals surface area contributed by atoms with E-state index in [9.17, 15) is 8.78 Å². The van der Waals surface area contributed by atoms with Gasteiger partial charge in [-0.25, -0.2) is 13.8 Å². The molecular formula is C10H8F2N2O. The van der Waals surface area contributed by atoms with Crippen molar-refractivity contribution in [1.82, 2.24) is 4.98 Å². The Hall–Kier alpha value is -1.75. The van der Waals surface area contributed by atoms with Gasteiger partial charge in [-0.1, -0.05) is 0 Å². The zero-order valence-electron chi connectivity index (χ0n) is 7.71. The highest BCUT2D eigenvalue weighted by Gasteiger charge is 2.11. The molecule has 78 valence electrons. The van der Waals surface area contributed by atoms with Crippen LogP contribution < -0.4 is 5.73 Å². The first-order valence-corrected chi connectivity index (χ1v) is 4.30. The summed E-state index contributed by atoms with van der Waals surface area (Å²) in [6, 6.07) is 3.50. The molecule has 0 unspecified atom stereocenters. The average molecular weight is 210 g/mol. The zero-order chi connectivity index (χ0) is 10.8. The molecule has 0 bridgehead atoms. The number of hydrogen-bond donors (Lipinski definition) is 1. The van der Waals surface area contributed by atoms with Gasteiger partial charge < -0.3 is 10.2 Å². The molecule has 2 aromatic rings. The summed E-state index contributed by atoms with van der Waals surface area (Å²) < 4.78 is 30.7. The standard InChI is InChI=1S/C10H8F2N2O/c11-7-2-1-6(3-8(7)12)10-9(4-13)14-5-15-10/h1-3,5H,4,13H2. The minimum absolute atomic E-state index is 0.185. The lowest BCUT2D eigenvalue weighted by Gasteiger charge is -1.99. The third kappa shape index (κ3) is 1.73. The molecule has 0 aliphatic heterocycles. The van der Waals surface area contributed by atoms with Gasteiger partial charge in [-0.15, -0.1) is 0 Å². The molecule has 1 aromatic heterocycles. The smallest absolute Gasteiger partial charge is 0.181 e. The second kappa shape index (κ2) is 3.78. The van der Waals surface area contributed by atoms with Crippen LogP contribution in [0.15, 0.2) is 29.0 Å². The Labute approximate surface area is 84.5 Å².